The number of likely N-dealkylation sites (tertiary alicyclic amines) is 1. The molecule has 1 saturated heterocycles. The molecular weight excluding hydrogens is 306 g/mol. The molecule has 7 heteroatoms. The molecule has 0 unspecified atom stereocenters. The van der Waals surface area contributed by atoms with Crippen LogP contribution in [-0.4, -0.2) is 38.3 Å². The highest BCUT2D eigenvalue weighted by molar-refractivity contribution is 5.07. The van der Waals surface area contributed by atoms with Crippen LogP contribution in [0.3, 0.4) is 0 Å². The number of hydrogen-bond donors (Lipinski definition) is 0. The minimum atomic E-state index is 0.141. The Balaban J connectivity index is 1.28. The number of piperidine rings is 1. The van der Waals surface area contributed by atoms with Gasteiger partial charge in [-0.2, -0.15) is 9.97 Å². The van der Waals surface area contributed by atoms with Gasteiger partial charge in [0.1, 0.15) is 0 Å². The molecule has 5 rings (SSSR count). The monoisotopic (exact) mass is 329 g/mol. The van der Waals surface area contributed by atoms with Crippen molar-refractivity contribution in [3.8, 4) is 0 Å². The molecule has 0 N–H and O–H groups in total. The molecule has 3 aliphatic rings. The lowest BCUT2D eigenvalue weighted by molar-refractivity contribution is 0.130. The summed E-state index contributed by atoms with van der Waals surface area (Å²) in [6.07, 6.45) is 7.02. The van der Waals surface area contributed by atoms with Gasteiger partial charge in [-0.25, -0.2) is 0 Å². The molecule has 24 heavy (non-hydrogen) atoms. The van der Waals surface area contributed by atoms with Crippen molar-refractivity contribution in [1.29, 1.82) is 0 Å². The van der Waals surface area contributed by atoms with Crippen molar-refractivity contribution >= 4 is 0 Å². The second kappa shape index (κ2) is 5.65. The van der Waals surface area contributed by atoms with Gasteiger partial charge in [0.15, 0.2) is 11.6 Å². The number of rotatable bonds is 5. The molecule has 128 valence electrons. The maximum absolute atomic E-state index is 5.51. The van der Waals surface area contributed by atoms with Gasteiger partial charge in [-0.15, -0.1) is 0 Å². The fraction of sp³-hybridized carbons (Fsp3) is 0.765. The first kappa shape index (κ1) is 14.6. The SMILES string of the molecule is C[C@H](c1nc(C2CC2)no1)N1CCC[C@@H](c2noc(C3CC3)n2)C1. The second-order valence-electron chi connectivity index (χ2n) is 7.54. The quantitative estimate of drug-likeness (QED) is 0.833. The van der Waals surface area contributed by atoms with E-state index in [2.05, 4.69) is 32.1 Å². The number of hydrogen-bond acceptors (Lipinski definition) is 7. The summed E-state index contributed by atoms with van der Waals surface area (Å²) < 4.78 is 11.0. The van der Waals surface area contributed by atoms with E-state index in [1.54, 1.807) is 0 Å². The van der Waals surface area contributed by atoms with E-state index in [1.165, 1.54) is 25.7 Å². The highest BCUT2D eigenvalue weighted by atomic mass is 16.5. The van der Waals surface area contributed by atoms with Crippen LogP contribution in [0.2, 0.25) is 0 Å². The molecule has 0 radical (unpaired) electrons. The third-order valence-electron chi connectivity index (χ3n) is 5.51. The van der Waals surface area contributed by atoms with Crippen molar-refractivity contribution in [3.63, 3.8) is 0 Å². The van der Waals surface area contributed by atoms with Gasteiger partial charge in [0, 0.05) is 24.3 Å². The number of nitrogens with zero attached hydrogens (tertiary/aromatic N) is 5. The highest BCUT2D eigenvalue weighted by Crippen LogP contribution is 2.40. The Labute approximate surface area is 140 Å². The van der Waals surface area contributed by atoms with E-state index < -0.39 is 0 Å². The summed E-state index contributed by atoms with van der Waals surface area (Å²) in [7, 11) is 0. The van der Waals surface area contributed by atoms with Crippen molar-refractivity contribution < 1.29 is 9.05 Å². The molecular formula is C17H23N5O2. The van der Waals surface area contributed by atoms with Gasteiger partial charge in [-0.05, 0) is 52.0 Å². The van der Waals surface area contributed by atoms with Crippen molar-refractivity contribution in [2.24, 2.45) is 0 Å². The Morgan fingerprint density at radius 2 is 1.67 bits per heavy atom. The molecule has 2 aliphatic carbocycles. The molecule has 2 atom stereocenters. The highest BCUT2D eigenvalue weighted by Gasteiger charge is 2.35. The summed E-state index contributed by atoms with van der Waals surface area (Å²) in [4.78, 5) is 11.7. The van der Waals surface area contributed by atoms with Crippen molar-refractivity contribution in [3.05, 3.63) is 23.4 Å². The minimum absolute atomic E-state index is 0.141. The molecule has 3 fully saturated rings. The van der Waals surface area contributed by atoms with Crippen LogP contribution in [0.4, 0.5) is 0 Å². The minimum Gasteiger partial charge on any atom is -0.339 e. The Morgan fingerprint density at radius 1 is 0.917 bits per heavy atom. The summed E-state index contributed by atoms with van der Waals surface area (Å²) in [6.45, 7) is 4.12. The lowest BCUT2D eigenvalue weighted by Crippen LogP contribution is -2.36. The molecule has 2 aromatic heterocycles. The number of aromatic nitrogens is 4. The zero-order chi connectivity index (χ0) is 16.1. The third-order valence-corrected chi connectivity index (χ3v) is 5.51. The molecule has 0 spiro atoms. The van der Waals surface area contributed by atoms with Gasteiger partial charge in [0.25, 0.3) is 0 Å². The largest absolute Gasteiger partial charge is 0.339 e. The van der Waals surface area contributed by atoms with E-state index in [-0.39, 0.29) is 6.04 Å². The topological polar surface area (TPSA) is 81.1 Å². The first-order chi connectivity index (χ1) is 11.8. The van der Waals surface area contributed by atoms with Gasteiger partial charge in [-0.1, -0.05) is 10.3 Å². The summed E-state index contributed by atoms with van der Waals surface area (Å²) >= 11 is 0. The summed E-state index contributed by atoms with van der Waals surface area (Å²) in [5.41, 5.74) is 0. The molecule has 7 nitrogen and oxygen atoms in total. The summed E-state index contributed by atoms with van der Waals surface area (Å²) in [5, 5.41) is 8.39. The van der Waals surface area contributed by atoms with Crippen molar-refractivity contribution in [2.45, 2.75) is 69.2 Å². The first-order valence-corrected chi connectivity index (χ1v) is 9.19. The van der Waals surface area contributed by atoms with Crippen LogP contribution in [0.1, 0.15) is 92.7 Å². The summed E-state index contributed by atoms with van der Waals surface area (Å²) in [6, 6.07) is 0.141. The van der Waals surface area contributed by atoms with Crippen LogP contribution in [0.15, 0.2) is 9.05 Å². The van der Waals surface area contributed by atoms with Crippen molar-refractivity contribution in [1.82, 2.24) is 25.2 Å². The van der Waals surface area contributed by atoms with Gasteiger partial charge in [0.05, 0.1) is 6.04 Å². The van der Waals surface area contributed by atoms with E-state index in [0.717, 1.165) is 49.4 Å². The molecule has 0 aromatic carbocycles. The van der Waals surface area contributed by atoms with Crippen LogP contribution in [-0.2, 0) is 0 Å². The smallest absolute Gasteiger partial charge is 0.243 e. The van der Waals surface area contributed by atoms with Crippen LogP contribution in [0.5, 0.6) is 0 Å². The van der Waals surface area contributed by atoms with Crippen LogP contribution < -0.4 is 0 Å². The summed E-state index contributed by atoms with van der Waals surface area (Å²) in [5.74, 6) is 4.72. The van der Waals surface area contributed by atoms with E-state index >= 15 is 0 Å². The Hall–Kier alpha value is -1.76. The Bertz CT molecular complexity index is 670. The standard InChI is InChI=1S/C17H23N5O2/c1-10(16-18-14(20-23-16)11-4-5-11)22-8-2-3-13(9-22)15-19-17(24-21-15)12-6-7-12/h10-13H,2-9H2,1H3/t10-,13-/m1/s1. The molecule has 2 aromatic rings. The average molecular weight is 329 g/mol. The van der Waals surface area contributed by atoms with E-state index in [0.29, 0.717) is 17.8 Å². The fourth-order valence-corrected chi connectivity index (χ4v) is 3.56. The zero-order valence-electron chi connectivity index (χ0n) is 14.0. The van der Waals surface area contributed by atoms with E-state index in [4.69, 9.17) is 9.05 Å². The van der Waals surface area contributed by atoms with E-state index in [1.807, 2.05) is 0 Å². The maximum Gasteiger partial charge on any atom is 0.243 e. The van der Waals surface area contributed by atoms with Crippen LogP contribution >= 0.6 is 0 Å². The fourth-order valence-electron chi connectivity index (χ4n) is 3.56. The lowest BCUT2D eigenvalue weighted by Gasteiger charge is -2.34. The first-order valence-electron chi connectivity index (χ1n) is 9.19. The van der Waals surface area contributed by atoms with Gasteiger partial charge >= 0.3 is 0 Å². The molecule has 1 aliphatic heterocycles. The van der Waals surface area contributed by atoms with E-state index in [9.17, 15) is 0 Å². The van der Waals surface area contributed by atoms with Gasteiger partial charge in [0.2, 0.25) is 11.8 Å². The van der Waals surface area contributed by atoms with Crippen LogP contribution in [0.25, 0.3) is 0 Å². The normalized spacial score (nSPS) is 26.6. The molecule has 0 amide bonds. The average Bonchev–Trinajstić information content (AvgIpc) is 3.55. The Morgan fingerprint density at radius 3 is 2.46 bits per heavy atom. The van der Waals surface area contributed by atoms with Crippen LogP contribution in [0, 0.1) is 0 Å². The molecule has 0 bridgehead atoms. The van der Waals surface area contributed by atoms with Gasteiger partial charge < -0.3 is 9.05 Å². The lowest BCUT2D eigenvalue weighted by atomic mass is 9.96. The molecule has 2 saturated carbocycles. The predicted octanol–water partition coefficient (Wildman–Crippen LogP) is 3.15. The van der Waals surface area contributed by atoms with Gasteiger partial charge in [-0.3, -0.25) is 4.90 Å². The predicted molar refractivity (Wildman–Crippen MR) is 84.5 cm³/mol. The molecule has 3 heterocycles. The van der Waals surface area contributed by atoms with Crippen molar-refractivity contribution in [2.75, 3.05) is 13.1 Å². The zero-order valence-corrected chi connectivity index (χ0v) is 14.0. The maximum atomic E-state index is 5.51. The Kier molecular flexibility index (Phi) is 3.43. The third kappa shape index (κ3) is 2.75. The second-order valence-corrected chi connectivity index (χ2v) is 7.54.